The lowest BCUT2D eigenvalue weighted by Crippen LogP contribution is -2.31. The van der Waals surface area contributed by atoms with Crippen molar-refractivity contribution in [3.8, 4) is 0 Å². The van der Waals surface area contributed by atoms with Crippen LogP contribution in [0.2, 0.25) is 5.15 Å². The molecule has 0 bridgehead atoms. The minimum absolute atomic E-state index is 0.358. The Hall–Kier alpha value is -1.13. The van der Waals surface area contributed by atoms with Crippen molar-refractivity contribution in [2.75, 3.05) is 4.90 Å². The Morgan fingerprint density at radius 2 is 2.17 bits per heavy atom. The van der Waals surface area contributed by atoms with Crippen LogP contribution in [-0.4, -0.2) is 16.0 Å². The van der Waals surface area contributed by atoms with Gasteiger partial charge in [-0.2, -0.15) is 0 Å². The largest absolute Gasteiger partial charge is 0.349 e. The van der Waals surface area contributed by atoms with Crippen molar-refractivity contribution in [1.29, 1.82) is 0 Å². The van der Waals surface area contributed by atoms with Crippen molar-refractivity contribution in [1.82, 2.24) is 9.97 Å². The standard InChI is InChI=1S/C13H16ClN3S/c1-9(2)17(7-11-5-4-6-18-11)13-10(3)12(14)15-8-16-13/h4-6,8-9H,7H2,1-3H3. The van der Waals surface area contributed by atoms with Crippen LogP contribution in [0.3, 0.4) is 0 Å². The third-order valence-electron chi connectivity index (χ3n) is 2.80. The SMILES string of the molecule is Cc1c(Cl)ncnc1N(Cc1cccs1)C(C)C. The second-order valence-electron chi connectivity index (χ2n) is 4.41. The molecule has 0 aliphatic rings. The lowest BCUT2D eigenvalue weighted by Gasteiger charge is -2.28. The molecule has 0 fully saturated rings. The summed E-state index contributed by atoms with van der Waals surface area (Å²) in [6.07, 6.45) is 1.52. The average molecular weight is 282 g/mol. The van der Waals surface area contributed by atoms with E-state index >= 15 is 0 Å². The van der Waals surface area contributed by atoms with Gasteiger partial charge in [0.15, 0.2) is 0 Å². The topological polar surface area (TPSA) is 29.0 Å². The van der Waals surface area contributed by atoms with Crippen LogP contribution in [0.25, 0.3) is 0 Å². The number of thiophene rings is 1. The zero-order valence-corrected chi connectivity index (χ0v) is 12.3. The van der Waals surface area contributed by atoms with E-state index in [-0.39, 0.29) is 0 Å². The van der Waals surface area contributed by atoms with E-state index in [4.69, 9.17) is 11.6 Å². The Kier molecular flexibility index (Phi) is 4.19. The molecule has 0 spiro atoms. The fourth-order valence-corrected chi connectivity index (χ4v) is 2.61. The molecule has 2 aromatic heterocycles. The zero-order valence-electron chi connectivity index (χ0n) is 10.7. The lowest BCUT2D eigenvalue weighted by atomic mass is 10.2. The van der Waals surface area contributed by atoms with Crippen molar-refractivity contribution in [3.63, 3.8) is 0 Å². The van der Waals surface area contributed by atoms with Gasteiger partial charge in [-0.3, -0.25) is 0 Å². The number of anilines is 1. The second kappa shape index (κ2) is 5.67. The molecule has 0 atom stereocenters. The summed E-state index contributed by atoms with van der Waals surface area (Å²) in [6, 6.07) is 4.56. The highest BCUT2D eigenvalue weighted by Gasteiger charge is 2.17. The van der Waals surface area contributed by atoms with Gasteiger partial charge in [0.2, 0.25) is 0 Å². The third-order valence-corrected chi connectivity index (χ3v) is 4.04. The van der Waals surface area contributed by atoms with Crippen LogP contribution in [0.15, 0.2) is 23.8 Å². The predicted molar refractivity (Wildman–Crippen MR) is 77.4 cm³/mol. The number of hydrogen-bond acceptors (Lipinski definition) is 4. The second-order valence-corrected chi connectivity index (χ2v) is 5.80. The normalized spacial score (nSPS) is 10.9. The zero-order chi connectivity index (χ0) is 13.1. The first-order chi connectivity index (χ1) is 8.59. The van der Waals surface area contributed by atoms with Gasteiger partial charge in [0, 0.05) is 16.5 Å². The van der Waals surface area contributed by atoms with Crippen molar-refractivity contribution in [2.45, 2.75) is 33.4 Å². The molecule has 2 aromatic rings. The number of hydrogen-bond donors (Lipinski definition) is 0. The summed E-state index contributed by atoms with van der Waals surface area (Å²) in [4.78, 5) is 11.9. The van der Waals surface area contributed by atoms with Crippen LogP contribution in [0, 0.1) is 6.92 Å². The Bertz CT molecular complexity index is 511. The van der Waals surface area contributed by atoms with Gasteiger partial charge in [0.1, 0.15) is 17.3 Å². The maximum Gasteiger partial charge on any atom is 0.137 e. The van der Waals surface area contributed by atoms with Crippen LogP contribution >= 0.6 is 22.9 Å². The fraction of sp³-hybridized carbons (Fsp3) is 0.385. The molecular formula is C13H16ClN3S. The maximum absolute atomic E-state index is 6.07. The van der Waals surface area contributed by atoms with Crippen LogP contribution in [0.1, 0.15) is 24.3 Å². The van der Waals surface area contributed by atoms with E-state index in [9.17, 15) is 0 Å². The summed E-state index contributed by atoms with van der Waals surface area (Å²) in [5.41, 5.74) is 0.935. The first kappa shape index (κ1) is 13.3. The molecular weight excluding hydrogens is 266 g/mol. The van der Waals surface area contributed by atoms with Crippen LogP contribution < -0.4 is 4.90 Å². The highest BCUT2D eigenvalue weighted by Crippen LogP contribution is 2.26. The quantitative estimate of drug-likeness (QED) is 0.796. The minimum Gasteiger partial charge on any atom is -0.349 e. The molecule has 0 amide bonds. The van der Waals surface area contributed by atoms with E-state index in [1.807, 2.05) is 6.92 Å². The van der Waals surface area contributed by atoms with Gasteiger partial charge >= 0.3 is 0 Å². The Balaban J connectivity index is 2.33. The molecule has 5 heteroatoms. The summed E-state index contributed by atoms with van der Waals surface area (Å²) >= 11 is 7.82. The molecule has 0 aliphatic carbocycles. The van der Waals surface area contributed by atoms with Crippen molar-refractivity contribution >= 4 is 28.8 Å². The van der Waals surface area contributed by atoms with Gasteiger partial charge in [-0.15, -0.1) is 11.3 Å². The van der Waals surface area contributed by atoms with Crippen molar-refractivity contribution in [3.05, 3.63) is 39.4 Å². The van der Waals surface area contributed by atoms with E-state index in [0.717, 1.165) is 17.9 Å². The Labute approximate surface area is 116 Å². The molecule has 0 saturated carbocycles. The van der Waals surface area contributed by atoms with Gasteiger partial charge in [0.05, 0.1) is 6.54 Å². The molecule has 0 radical (unpaired) electrons. The van der Waals surface area contributed by atoms with Crippen molar-refractivity contribution in [2.24, 2.45) is 0 Å². The minimum atomic E-state index is 0.358. The average Bonchev–Trinajstić information content (AvgIpc) is 2.83. The Morgan fingerprint density at radius 1 is 1.39 bits per heavy atom. The van der Waals surface area contributed by atoms with E-state index < -0.39 is 0 Å². The van der Waals surface area contributed by atoms with Gasteiger partial charge in [-0.25, -0.2) is 9.97 Å². The predicted octanol–water partition coefficient (Wildman–Crippen LogP) is 3.91. The molecule has 2 heterocycles. The summed E-state index contributed by atoms with van der Waals surface area (Å²) in [6.45, 7) is 7.12. The maximum atomic E-state index is 6.07. The third kappa shape index (κ3) is 2.82. The number of halogens is 1. The summed E-state index contributed by atoms with van der Waals surface area (Å²) in [5, 5.41) is 2.62. The van der Waals surface area contributed by atoms with Gasteiger partial charge in [-0.1, -0.05) is 17.7 Å². The van der Waals surface area contributed by atoms with Crippen LogP contribution in [-0.2, 0) is 6.54 Å². The molecule has 3 nitrogen and oxygen atoms in total. The summed E-state index contributed by atoms with van der Waals surface area (Å²) in [5.74, 6) is 0.915. The van der Waals surface area contributed by atoms with Gasteiger partial charge in [0.25, 0.3) is 0 Å². The monoisotopic (exact) mass is 281 g/mol. The van der Waals surface area contributed by atoms with Crippen LogP contribution in [0.5, 0.6) is 0 Å². The first-order valence-electron chi connectivity index (χ1n) is 5.85. The molecule has 0 saturated heterocycles. The molecule has 0 unspecified atom stereocenters. The molecule has 18 heavy (non-hydrogen) atoms. The molecule has 96 valence electrons. The lowest BCUT2D eigenvalue weighted by molar-refractivity contribution is 0.673. The first-order valence-corrected chi connectivity index (χ1v) is 7.11. The van der Waals surface area contributed by atoms with Gasteiger partial charge < -0.3 is 4.90 Å². The fourth-order valence-electron chi connectivity index (χ4n) is 1.78. The molecule has 2 rings (SSSR count). The van der Waals surface area contributed by atoms with Crippen LogP contribution in [0.4, 0.5) is 5.82 Å². The van der Waals surface area contributed by atoms with Gasteiger partial charge in [-0.05, 0) is 32.2 Å². The molecule has 0 aliphatic heterocycles. The molecule has 0 aromatic carbocycles. The van der Waals surface area contributed by atoms with Crippen molar-refractivity contribution < 1.29 is 0 Å². The van der Waals surface area contributed by atoms with E-state index in [1.54, 1.807) is 11.3 Å². The van der Waals surface area contributed by atoms with E-state index in [2.05, 4.69) is 46.2 Å². The Morgan fingerprint density at radius 3 is 2.78 bits per heavy atom. The van der Waals surface area contributed by atoms with E-state index in [0.29, 0.717) is 11.2 Å². The number of nitrogens with zero attached hydrogens (tertiary/aromatic N) is 3. The summed E-state index contributed by atoms with van der Waals surface area (Å²) < 4.78 is 0. The number of aromatic nitrogens is 2. The highest BCUT2D eigenvalue weighted by atomic mass is 35.5. The highest BCUT2D eigenvalue weighted by molar-refractivity contribution is 7.09. The van der Waals surface area contributed by atoms with E-state index in [1.165, 1.54) is 11.2 Å². The summed E-state index contributed by atoms with van der Waals surface area (Å²) in [7, 11) is 0. The smallest absolute Gasteiger partial charge is 0.137 e. The number of rotatable bonds is 4. The molecule has 0 N–H and O–H groups in total.